The van der Waals surface area contributed by atoms with Crippen LogP contribution in [0.15, 0.2) is 54.7 Å². The number of nitrogens with zero attached hydrogens (tertiary/aromatic N) is 1. The normalized spacial score (nSPS) is 10.7. The molecule has 0 aliphatic heterocycles. The van der Waals surface area contributed by atoms with Crippen molar-refractivity contribution in [2.75, 3.05) is 5.73 Å². The fourth-order valence-corrected chi connectivity index (χ4v) is 1.99. The fourth-order valence-electron chi connectivity index (χ4n) is 1.99. The molecule has 0 bridgehead atoms. The molecule has 3 aromatic rings. The first-order valence-corrected chi connectivity index (χ1v) is 5.67. The van der Waals surface area contributed by atoms with Crippen LogP contribution in [0.1, 0.15) is 0 Å². The number of benzene rings is 2. The molecule has 3 rings (SSSR count). The zero-order chi connectivity index (χ0) is 12.5. The second-order valence-electron chi connectivity index (χ2n) is 4.23. The van der Waals surface area contributed by atoms with Gasteiger partial charge in [0.1, 0.15) is 5.75 Å². The summed E-state index contributed by atoms with van der Waals surface area (Å²) in [6.07, 6.45) is 1.80. The smallest absolute Gasteiger partial charge is 0.116 e. The highest BCUT2D eigenvalue weighted by molar-refractivity contribution is 5.86. The number of phenolic OH excluding ortho intramolecular Hbond substituents is 1. The van der Waals surface area contributed by atoms with Crippen molar-refractivity contribution in [1.82, 2.24) is 4.98 Å². The largest absolute Gasteiger partial charge is 0.508 e. The number of rotatable bonds is 1. The van der Waals surface area contributed by atoms with E-state index in [1.54, 1.807) is 18.3 Å². The predicted octanol–water partition coefficient (Wildman–Crippen LogP) is 3.19. The first-order valence-electron chi connectivity index (χ1n) is 5.67. The molecule has 0 aliphatic rings. The van der Waals surface area contributed by atoms with Crippen LogP contribution >= 0.6 is 0 Å². The molecule has 3 nitrogen and oxygen atoms in total. The van der Waals surface area contributed by atoms with Gasteiger partial charge in [-0.2, -0.15) is 0 Å². The number of pyridine rings is 1. The van der Waals surface area contributed by atoms with E-state index in [-0.39, 0.29) is 5.75 Å². The molecule has 0 spiro atoms. The van der Waals surface area contributed by atoms with E-state index in [1.165, 1.54) is 0 Å². The molecule has 88 valence electrons. The van der Waals surface area contributed by atoms with Crippen molar-refractivity contribution in [3.63, 3.8) is 0 Å². The van der Waals surface area contributed by atoms with Crippen LogP contribution in [0.5, 0.6) is 5.75 Å². The lowest BCUT2D eigenvalue weighted by atomic mass is 10.1. The SMILES string of the molecule is Nc1ccc2ncc(-c3cccc(O)c3)cc2c1. The number of aromatic nitrogens is 1. The summed E-state index contributed by atoms with van der Waals surface area (Å²) >= 11 is 0. The van der Waals surface area contributed by atoms with E-state index in [9.17, 15) is 5.11 Å². The summed E-state index contributed by atoms with van der Waals surface area (Å²) in [7, 11) is 0. The molecule has 1 heterocycles. The first kappa shape index (κ1) is 10.6. The van der Waals surface area contributed by atoms with Crippen LogP contribution in [0, 0.1) is 0 Å². The van der Waals surface area contributed by atoms with E-state index in [1.807, 2.05) is 36.4 Å². The standard InChI is InChI=1S/C15H12N2O/c16-13-4-5-15-11(7-13)6-12(9-17-15)10-2-1-3-14(18)8-10/h1-9,18H,16H2. The molecule has 0 radical (unpaired) electrons. The summed E-state index contributed by atoms with van der Waals surface area (Å²) in [5.41, 5.74) is 9.30. The molecule has 0 atom stereocenters. The van der Waals surface area contributed by atoms with Crippen molar-refractivity contribution in [3.05, 3.63) is 54.7 Å². The van der Waals surface area contributed by atoms with Gasteiger partial charge in [-0.15, -0.1) is 0 Å². The van der Waals surface area contributed by atoms with Crippen LogP contribution in [0.4, 0.5) is 5.69 Å². The molecule has 2 aromatic carbocycles. The van der Waals surface area contributed by atoms with Gasteiger partial charge in [-0.3, -0.25) is 4.98 Å². The van der Waals surface area contributed by atoms with E-state index in [4.69, 9.17) is 5.73 Å². The lowest BCUT2D eigenvalue weighted by Gasteiger charge is -2.04. The van der Waals surface area contributed by atoms with Crippen molar-refractivity contribution in [2.24, 2.45) is 0 Å². The summed E-state index contributed by atoms with van der Waals surface area (Å²) in [6, 6.07) is 14.8. The van der Waals surface area contributed by atoms with Crippen LogP contribution in [0.3, 0.4) is 0 Å². The van der Waals surface area contributed by atoms with Crippen LogP contribution in [-0.2, 0) is 0 Å². The minimum Gasteiger partial charge on any atom is -0.508 e. The molecule has 0 aliphatic carbocycles. The Morgan fingerprint density at radius 1 is 0.944 bits per heavy atom. The molecule has 0 saturated heterocycles. The number of aromatic hydroxyl groups is 1. The predicted molar refractivity (Wildman–Crippen MR) is 73.3 cm³/mol. The Morgan fingerprint density at radius 2 is 1.83 bits per heavy atom. The van der Waals surface area contributed by atoms with Crippen molar-refractivity contribution >= 4 is 16.6 Å². The monoisotopic (exact) mass is 236 g/mol. The molecule has 3 N–H and O–H groups in total. The van der Waals surface area contributed by atoms with Gasteiger partial charge in [-0.25, -0.2) is 0 Å². The van der Waals surface area contributed by atoms with Gasteiger partial charge < -0.3 is 10.8 Å². The number of hydrogen-bond donors (Lipinski definition) is 2. The minimum absolute atomic E-state index is 0.250. The van der Waals surface area contributed by atoms with Crippen molar-refractivity contribution in [3.8, 4) is 16.9 Å². The second-order valence-corrected chi connectivity index (χ2v) is 4.23. The summed E-state index contributed by atoms with van der Waals surface area (Å²) in [4.78, 5) is 4.39. The Balaban J connectivity index is 2.18. The van der Waals surface area contributed by atoms with E-state index >= 15 is 0 Å². The van der Waals surface area contributed by atoms with Crippen molar-refractivity contribution in [1.29, 1.82) is 0 Å². The molecule has 0 saturated carbocycles. The number of phenols is 1. The molecule has 0 fully saturated rings. The highest BCUT2D eigenvalue weighted by Gasteiger charge is 2.02. The van der Waals surface area contributed by atoms with Crippen LogP contribution in [-0.4, -0.2) is 10.1 Å². The van der Waals surface area contributed by atoms with Gasteiger partial charge in [-0.05, 0) is 42.0 Å². The third kappa shape index (κ3) is 1.86. The van der Waals surface area contributed by atoms with E-state index in [2.05, 4.69) is 4.98 Å². The van der Waals surface area contributed by atoms with E-state index in [0.29, 0.717) is 0 Å². The summed E-state index contributed by atoms with van der Waals surface area (Å²) in [5.74, 6) is 0.250. The van der Waals surface area contributed by atoms with Gasteiger partial charge in [-0.1, -0.05) is 12.1 Å². The molecule has 1 aromatic heterocycles. The molecule has 0 amide bonds. The quantitative estimate of drug-likeness (QED) is 0.638. The van der Waals surface area contributed by atoms with Gasteiger partial charge in [0, 0.05) is 22.8 Å². The highest BCUT2D eigenvalue weighted by Crippen LogP contribution is 2.26. The summed E-state index contributed by atoms with van der Waals surface area (Å²) < 4.78 is 0. The van der Waals surface area contributed by atoms with Gasteiger partial charge in [0.25, 0.3) is 0 Å². The number of fused-ring (bicyclic) bond motifs is 1. The maximum absolute atomic E-state index is 9.49. The summed E-state index contributed by atoms with van der Waals surface area (Å²) in [6.45, 7) is 0. The highest BCUT2D eigenvalue weighted by atomic mass is 16.3. The second kappa shape index (κ2) is 4.04. The van der Waals surface area contributed by atoms with E-state index < -0.39 is 0 Å². The van der Waals surface area contributed by atoms with Gasteiger partial charge in [0.15, 0.2) is 0 Å². The minimum atomic E-state index is 0.250. The van der Waals surface area contributed by atoms with Crippen LogP contribution in [0.2, 0.25) is 0 Å². The molecular formula is C15H12N2O. The molecule has 3 heteroatoms. The Bertz CT molecular complexity index is 723. The Hall–Kier alpha value is -2.55. The molecular weight excluding hydrogens is 224 g/mol. The van der Waals surface area contributed by atoms with Gasteiger partial charge >= 0.3 is 0 Å². The van der Waals surface area contributed by atoms with Crippen molar-refractivity contribution < 1.29 is 5.11 Å². The Morgan fingerprint density at radius 3 is 2.67 bits per heavy atom. The third-order valence-electron chi connectivity index (χ3n) is 2.88. The van der Waals surface area contributed by atoms with Crippen LogP contribution in [0.25, 0.3) is 22.0 Å². The van der Waals surface area contributed by atoms with Crippen LogP contribution < -0.4 is 5.73 Å². The Kier molecular flexibility index (Phi) is 2.38. The lowest BCUT2D eigenvalue weighted by Crippen LogP contribution is -1.87. The maximum Gasteiger partial charge on any atom is 0.116 e. The average Bonchev–Trinajstić information content (AvgIpc) is 2.38. The zero-order valence-corrected chi connectivity index (χ0v) is 9.67. The number of anilines is 1. The number of nitrogen functional groups attached to an aromatic ring is 1. The number of hydrogen-bond acceptors (Lipinski definition) is 3. The fraction of sp³-hybridized carbons (Fsp3) is 0. The first-order chi connectivity index (χ1) is 8.72. The van der Waals surface area contributed by atoms with E-state index in [0.717, 1.165) is 27.7 Å². The lowest BCUT2D eigenvalue weighted by molar-refractivity contribution is 0.475. The maximum atomic E-state index is 9.49. The van der Waals surface area contributed by atoms with Crippen molar-refractivity contribution in [2.45, 2.75) is 0 Å². The summed E-state index contributed by atoms with van der Waals surface area (Å²) in [5, 5.41) is 10.5. The van der Waals surface area contributed by atoms with Gasteiger partial charge in [0.05, 0.1) is 5.52 Å². The van der Waals surface area contributed by atoms with Gasteiger partial charge in [0.2, 0.25) is 0 Å². The third-order valence-corrected chi connectivity index (χ3v) is 2.88. The molecule has 0 unspecified atom stereocenters. The Labute approximate surface area is 105 Å². The zero-order valence-electron chi connectivity index (χ0n) is 9.67. The molecule has 18 heavy (non-hydrogen) atoms. The number of nitrogens with two attached hydrogens (primary N) is 1. The topological polar surface area (TPSA) is 59.1 Å². The average molecular weight is 236 g/mol.